The lowest BCUT2D eigenvalue weighted by Gasteiger charge is -2.12. The maximum Gasteiger partial charge on any atom is 0.218 e. The molecule has 16 heavy (non-hydrogen) atoms. The van der Waals surface area contributed by atoms with Gasteiger partial charge in [0, 0.05) is 24.6 Å². The van der Waals surface area contributed by atoms with Crippen LogP contribution in [-0.4, -0.2) is 22.2 Å². The standard InChI is InChI=1S/C11H16N2O3/c1-7(5-10(12)15)13-6-8-3-2-4-9(14)11(8)16/h2-4,7,13-14,16H,5-6H2,1H3,(H2,12,15). The number of phenols is 2. The molecule has 0 spiro atoms. The quantitative estimate of drug-likeness (QED) is 0.546. The lowest BCUT2D eigenvalue weighted by atomic mass is 10.1. The second kappa shape index (κ2) is 5.37. The number of benzene rings is 1. The molecule has 1 rings (SSSR count). The predicted octanol–water partition coefficient (Wildman–Crippen LogP) is 0.451. The minimum absolute atomic E-state index is 0.0701. The van der Waals surface area contributed by atoms with Gasteiger partial charge in [-0.1, -0.05) is 12.1 Å². The smallest absolute Gasteiger partial charge is 0.218 e. The Kier molecular flexibility index (Phi) is 4.13. The average molecular weight is 224 g/mol. The van der Waals surface area contributed by atoms with Gasteiger partial charge in [0.15, 0.2) is 11.5 Å². The van der Waals surface area contributed by atoms with Crippen LogP contribution in [0.2, 0.25) is 0 Å². The molecular formula is C11H16N2O3. The molecule has 0 radical (unpaired) electrons. The summed E-state index contributed by atoms with van der Waals surface area (Å²) in [5, 5.41) is 21.8. The number of hydrogen-bond donors (Lipinski definition) is 4. The van der Waals surface area contributed by atoms with Gasteiger partial charge in [0.05, 0.1) is 0 Å². The highest BCUT2D eigenvalue weighted by atomic mass is 16.3. The maximum absolute atomic E-state index is 10.6. The number of hydrogen-bond acceptors (Lipinski definition) is 4. The van der Waals surface area contributed by atoms with Crippen LogP contribution in [-0.2, 0) is 11.3 Å². The molecule has 5 N–H and O–H groups in total. The van der Waals surface area contributed by atoms with Crippen LogP contribution in [0, 0.1) is 0 Å². The molecule has 1 unspecified atom stereocenters. The molecule has 1 atom stereocenters. The van der Waals surface area contributed by atoms with Crippen molar-refractivity contribution in [3.8, 4) is 11.5 Å². The van der Waals surface area contributed by atoms with E-state index in [-0.39, 0.29) is 29.9 Å². The fraction of sp³-hybridized carbons (Fsp3) is 0.364. The largest absolute Gasteiger partial charge is 0.504 e. The third-order valence-electron chi connectivity index (χ3n) is 2.25. The number of nitrogens with two attached hydrogens (primary N) is 1. The molecule has 0 heterocycles. The molecule has 0 saturated heterocycles. The van der Waals surface area contributed by atoms with Crippen LogP contribution in [0.25, 0.3) is 0 Å². The van der Waals surface area contributed by atoms with E-state index in [0.29, 0.717) is 12.1 Å². The summed E-state index contributed by atoms with van der Waals surface area (Å²) in [7, 11) is 0. The number of para-hydroxylation sites is 1. The van der Waals surface area contributed by atoms with Crippen LogP contribution in [0.5, 0.6) is 11.5 Å². The van der Waals surface area contributed by atoms with Gasteiger partial charge in [0.25, 0.3) is 0 Å². The number of primary amides is 1. The Hall–Kier alpha value is -1.75. The maximum atomic E-state index is 10.6. The normalized spacial score (nSPS) is 12.3. The van der Waals surface area contributed by atoms with Crippen molar-refractivity contribution in [2.45, 2.75) is 25.9 Å². The SMILES string of the molecule is CC(CC(N)=O)NCc1cccc(O)c1O. The molecule has 1 aromatic rings. The van der Waals surface area contributed by atoms with Gasteiger partial charge in [-0.3, -0.25) is 4.79 Å². The molecule has 0 saturated carbocycles. The van der Waals surface area contributed by atoms with E-state index in [1.54, 1.807) is 12.1 Å². The van der Waals surface area contributed by atoms with E-state index in [0.717, 1.165) is 0 Å². The summed E-state index contributed by atoms with van der Waals surface area (Å²) in [5.41, 5.74) is 5.63. The van der Waals surface area contributed by atoms with Gasteiger partial charge in [-0.15, -0.1) is 0 Å². The fourth-order valence-electron chi connectivity index (χ4n) is 1.38. The molecule has 0 aromatic heterocycles. The van der Waals surface area contributed by atoms with Crippen molar-refractivity contribution in [2.75, 3.05) is 0 Å². The van der Waals surface area contributed by atoms with Crippen LogP contribution in [0.4, 0.5) is 0 Å². The Labute approximate surface area is 93.9 Å². The topological polar surface area (TPSA) is 95.6 Å². The first-order chi connectivity index (χ1) is 7.50. The Balaban J connectivity index is 2.54. The van der Waals surface area contributed by atoms with Gasteiger partial charge in [0.1, 0.15) is 0 Å². The van der Waals surface area contributed by atoms with E-state index in [1.807, 2.05) is 6.92 Å². The van der Waals surface area contributed by atoms with E-state index in [2.05, 4.69) is 5.32 Å². The van der Waals surface area contributed by atoms with E-state index in [9.17, 15) is 15.0 Å². The van der Waals surface area contributed by atoms with Crippen LogP contribution >= 0.6 is 0 Å². The molecule has 0 aliphatic carbocycles. The summed E-state index contributed by atoms with van der Waals surface area (Å²) in [5.74, 6) is -0.664. The predicted molar refractivity (Wildman–Crippen MR) is 59.9 cm³/mol. The van der Waals surface area contributed by atoms with Crippen molar-refractivity contribution in [3.63, 3.8) is 0 Å². The summed E-state index contributed by atoms with van der Waals surface area (Å²) < 4.78 is 0. The lowest BCUT2D eigenvalue weighted by Crippen LogP contribution is -2.30. The third-order valence-corrected chi connectivity index (χ3v) is 2.25. The van der Waals surface area contributed by atoms with Gasteiger partial charge in [-0.25, -0.2) is 0 Å². The molecule has 88 valence electrons. The Bertz CT molecular complexity index is 379. The Morgan fingerprint density at radius 3 is 2.81 bits per heavy atom. The molecule has 0 bridgehead atoms. The van der Waals surface area contributed by atoms with Crippen molar-refractivity contribution in [1.29, 1.82) is 0 Å². The van der Waals surface area contributed by atoms with E-state index >= 15 is 0 Å². The molecule has 1 aromatic carbocycles. The molecule has 0 aliphatic rings. The average Bonchev–Trinajstić information content (AvgIpc) is 2.19. The van der Waals surface area contributed by atoms with Gasteiger partial charge >= 0.3 is 0 Å². The number of carbonyl (C=O) groups excluding carboxylic acids is 1. The first kappa shape index (κ1) is 12.3. The zero-order valence-electron chi connectivity index (χ0n) is 9.10. The summed E-state index contributed by atoms with van der Waals surface area (Å²) in [4.78, 5) is 10.6. The third kappa shape index (κ3) is 3.43. The highest BCUT2D eigenvalue weighted by Crippen LogP contribution is 2.27. The second-order valence-corrected chi connectivity index (χ2v) is 3.74. The first-order valence-electron chi connectivity index (χ1n) is 5.02. The summed E-state index contributed by atoms with van der Waals surface area (Å²) in [6, 6.07) is 4.68. The van der Waals surface area contributed by atoms with E-state index < -0.39 is 0 Å². The molecule has 5 heteroatoms. The zero-order valence-corrected chi connectivity index (χ0v) is 9.10. The number of carbonyl (C=O) groups is 1. The summed E-state index contributed by atoms with van der Waals surface area (Å²) >= 11 is 0. The molecule has 0 fully saturated rings. The van der Waals surface area contributed by atoms with Gasteiger partial charge in [-0.2, -0.15) is 0 Å². The molecule has 1 amide bonds. The lowest BCUT2D eigenvalue weighted by molar-refractivity contribution is -0.118. The number of phenolic OH excluding ortho intramolecular Hbond substituents is 2. The van der Waals surface area contributed by atoms with Crippen molar-refractivity contribution < 1.29 is 15.0 Å². The van der Waals surface area contributed by atoms with Crippen LogP contribution in [0.1, 0.15) is 18.9 Å². The number of rotatable bonds is 5. The van der Waals surface area contributed by atoms with Crippen LogP contribution in [0.15, 0.2) is 18.2 Å². The molecule has 0 aliphatic heterocycles. The van der Waals surface area contributed by atoms with Crippen LogP contribution < -0.4 is 11.1 Å². The van der Waals surface area contributed by atoms with Crippen LogP contribution in [0.3, 0.4) is 0 Å². The van der Waals surface area contributed by atoms with Crippen molar-refractivity contribution in [1.82, 2.24) is 5.32 Å². The second-order valence-electron chi connectivity index (χ2n) is 3.74. The highest BCUT2D eigenvalue weighted by molar-refractivity contribution is 5.74. The summed E-state index contributed by atoms with van der Waals surface area (Å²) in [6.45, 7) is 2.19. The molecule has 5 nitrogen and oxygen atoms in total. The Morgan fingerprint density at radius 2 is 2.19 bits per heavy atom. The fourth-order valence-corrected chi connectivity index (χ4v) is 1.38. The highest BCUT2D eigenvalue weighted by Gasteiger charge is 2.08. The number of aromatic hydroxyl groups is 2. The van der Waals surface area contributed by atoms with Crippen molar-refractivity contribution in [3.05, 3.63) is 23.8 Å². The zero-order chi connectivity index (χ0) is 12.1. The minimum Gasteiger partial charge on any atom is -0.504 e. The van der Waals surface area contributed by atoms with E-state index in [1.165, 1.54) is 6.07 Å². The van der Waals surface area contributed by atoms with Crippen molar-refractivity contribution >= 4 is 5.91 Å². The summed E-state index contributed by atoms with van der Waals surface area (Å²) in [6.07, 6.45) is 0.236. The van der Waals surface area contributed by atoms with Gasteiger partial charge < -0.3 is 21.3 Å². The number of amides is 1. The molecular weight excluding hydrogens is 208 g/mol. The van der Waals surface area contributed by atoms with Gasteiger partial charge in [0.2, 0.25) is 5.91 Å². The van der Waals surface area contributed by atoms with Crippen molar-refractivity contribution in [2.24, 2.45) is 5.73 Å². The van der Waals surface area contributed by atoms with E-state index in [4.69, 9.17) is 5.73 Å². The monoisotopic (exact) mass is 224 g/mol. The number of nitrogens with one attached hydrogen (secondary N) is 1. The Morgan fingerprint density at radius 1 is 1.50 bits per heavy atom. The minimum atomic E-state index is -0.375. The first-order valence-corrected chi connectivity index (χ1v) is 5.02. The van der Waals surface area contributed by atoms with Gasteiger partial charge in [-0.05, 0) is 13.0 Å².